The van der Waals surface area contributed by atoms with Crippen LogP contribution in [-0.2, 0) is 0 Å². The first kappa shape index (κ1) is 10.1. The van der Waals surface area contributed by atoms with E-state index in [1.807, 2.05) is 22.6 Å². The number of benzene rings is 1. The summed E-state index contributed by atoms with van der Waals surface area (Å²) in [7, 11) is 0. The Balaban J connectivity index is 2.97. The van der Waals surface area contributed by atoms with Crippen LogP contribution >= 0.6 is 22.6 Å². The van der Waals surface area contributed by atoms with Gasteiger partial charge in [0, 0.05) is 5.39 Å². The number of H-pyrrole nitrogens is 1. The molecule has 0 fully saturated rings. The Hall–Kier alpha value is -1.44. The highest BCUT2D eigenvalue weighted by atomic mass is 127. The molecule has 0 saturated heterocycles. The van der Waals surface area contributed by atoms with E-state index in [-0.39, 0.29) is 5.82 Å². The Kier molecular flexibility index (Phi) is 2.43. The van der Waals surface area contributed by atoms with Crippen LogP contribution in [0.15, 0.2) is 29.1 Å². The quantitative estimate of drug-likeness (QED) is 0.497. The normalized spacial score (nSPS) is 10.5. The van der Waals surface area contributed by atoms with Crippen molar-refractivity contribution in [2.75, 3.05) is 0 Å². The first-order chi connectivity index (χ1) is 7.11. The van der Waals surface area contributed by atoms with Gasteiger partial charge in [0.05, 0.1) is 5.39 Å². The van der Waals surface area contributed by atoms with Gasteiger partial charge in [0.1, 0.15) is 3.57 Å². The number of pyridine rings is 1. The smallest absolute Gasteiger partial charge is 0.339 e. The predicted molar refractivity (Wildman–Crippen MR) is 63.9 cm³/mol. The molecule has 15 heavy (non-hydrogen) atoms. The van der Waals surface area contributed by atoms with Gasteiger partial charge in [0.25, 0.3) is 0 Å². The van der Waals surface area contributed by atoms with Crippen molar-refractivity contribution >= 4 is 39.2 Å². The average molecular weight is 316 g/mol. The van der Waals surface area contributed by atoms with Gasteiger partial charge < -0.3 is 10.1 Å². The van der Waals surface area contributed by atoms with Crippen molar-refractivity contribution in [3.05, 3.63) is 48.3 Å². The zero-order valence-electron chi connectivity index (χ0n) is 7.36. The first-order valence-corrected chi connectivity index (χ1v) is 5.14. The van der Waals surface area contributed by atoms with E-state index in [4.69, 9.17) is 0 Å². The SMILES string of the molecule is O=c1[nH]c([N+](=O)[O-])c(I)c2ccccc12. The van der Waals surface area contributed by atoms with Gasteiger partial charge in [-0.2, -0.15) is 0 Å². The van der Waals surface area contributed by atoms with Crippen molar-refractivity contribution < 1.29 is 4.92 Å². The zero-order valence-corrected chi connectivity index (χ0v) is 9.52. The number of nitrogens with one attached hydrogen (secondary N) is 1. The van der Waals surface area contributed by atoms with Gasteiger partial charge in [-0.05, 0) is 33.6 Å². The molecular weight excluding hydrogens is 311 g/mol. The van der Waals surface area contributed by atoms with Crippen molar-refractivity contribution in [1.82, 2.24) is 4.98 Å². The van der Waals surface area contributed by atoms with Crippen LogP contribution in [0.4, 0.5) is 5.82 Å². The van der Waals surface area contributed by atoms with Crippen LogP contribution in [0.2, 0.25) is 0 Å². The van der Waals surface area contributed by atoms with E-state index in [9.17, 15) is 14.9 Å². The fourth-order valence-corrected chi connectivity index (χ4v) is 2.16. The third-order valence-corrected chi connectivity index (χ3v) is 3.12. The molecule has 0 amide bonds. The number of rotatable bonds is 1. The van der Waals surface area contributed by atoms with Crippen LogP contribution in [0.1, 0.15) is 0 Å². The minimum Gasteiger partial charge on any atom is -0.358 e. The Bertz CT molecular complexity index is 606. The maximum atomic E-state index is 11.5. The lowest BCUT2D eigenvalue weighted by Crippen LogP contribution is -2.10. The van der Waals surface area contributed by atoms with Crippen LogP contribution < -0.4 is 5.56 Å². The molecule has 1 N–H and O–H groups in total. The minimum absolute atomic E-state index is 0.251. The van der Waals surface area contributed by atoms with Gasteiger partial charge in [-0.25, -0.2) is 9.78 Å². The molecule has 2 rings (SSSR count). The summed E-state index contributed by atoms with van der Waals surface area (Å²) in [6.07, 6.45) is 0. The number of nitro groups is 1. The van der Waals surface area contributed by atoms with Crippen LogP contribution in [0, 0.1) is 13.7 Å². The van der Waals surface area contributed by atoms with Crippen molar-refractivity contribution in [1.29, 1.82) is 0 Å². The third-order valence-electron chi connectivity index (χ3n) is 2.03. The van der Waals surface area contributed by atoms with Crippen molar-refractivity contribution in [2.45, 2.75) is 0 Å². The largest absolute Gasteiger partial charge is 0.358 e. The molecule has 76 valence electrons. The van der Waals surface area contributed by atoms with Crippen LogP contribution in [-0.4, -0.2) is 9.91 Å². The summed E-state index contributed by atoms with van der Waals surface area (Å²) in [4.78, 5) is 23.8. The number of hydrogen-bond acceptors (Lipinski definition) is 3. The number of aromatic nitrogens is 1. The van der Waals surface area contributed by atoms with E-state index >= 15 is 0 Å². The Morgan fingerprint density at radius 1 is 1.27 bits per heavy atom. The molecule has 5 nitrogen and oxygen atoms in total. The van der Waals surface area contributed by atoms with E-state index < -0.39 is 10.5 Å². The molecule has 6 heteroatoms. The zero-order chi connectivity index (χ0) is 11.0. The van der Waals surface area contributed by atoms with E-state index in [2.05, 4.69) is 4.98 Å². The minimum atomic E-state index is -0.588. The molecule has 1 aromatic heterocycles. The monoisotopic (exact) mass is 316 g/mol. The van der Waals surface area contributed by atoms with Gasteiger partial charge in [0.15, 0.2) is 0 Å². The fraction of sp³-hybridized carbons (Fsp3) is 0. The number of halogens is 1. The lowest BCUT2D eigenvalue weighted by molar-refractivity contribution is -0.390. The molecular formula is C9H5IN2O3. The third kappa shape index (κ3) is 1.60. The van der Waals surface area contributed by atoms with Crippen molar-refractivity contribution in [3.63, 3.8) is 0 Å². The summed E-state index contributed by atoms with van der Waals surface area (Å²) in [5.74, 6) is -0.251. The molecule has 0 aliphatic carbocycles. The second kappa shape index (κ2) is 3.61. The summed E-state index contributed by atoms with van der Waals surface area (Å²) < 4.78 is 0.452. The number of fused-ring (bicyclic) bond motifs is 1. The second-order valence-electron chi connectivity index (χ2n) is 2.92. The van der Waals surface area contributed by atoms with Crippen LogP contribution in [0.25, 0.3) is 10.8 Å². The number of hydrogen-bond donors (Lipinski definition) is 1. The summed E-state index contributed by atoms with van der Waals surface area (Å²) in [6, 6.07) is 6.80. The lowest BCUT2D eigenvalue weighted by Gasteiger charge is -2.00. The van der Waals surface area contributed by atoms with Gasteiger partial charge >= 0.3 is 11.4 Å². The van der Waals surface area contributed by atoms with Crippen LogP contribution in [0.5, 0.6) is 0 Å². The predicted octanol–water partition coefficient (Wildman–Crippen LogP) is 2.04. The summed E-state index contributed by atoms with van der Waals surface area (Å²) in [6.45, 7) is 0. The van der Waals surface area contributed by atoms with E-state index in [1.165, 1.54) is 0 Å². The molecule has 2 aromatic rings. The van der Waals surface area contributed by atoms with Gasteiger partial charge in [-0.3, -0.25) is 0 Å². The average Bonchev–Trinajstić information content (AvgIpc) is 2.23. The van der Waals surface area contributed by atoms with Gasteiger partial charge in [-0.15, -0.1) is 0 Å². The van der Waals surface area contributed by atoms with Crippen LogP contribution in [0.3, 0.4) is 0 Å². The Labute approximate surface area is 97.4 Å². The highest BCUT2D eigenvalue weighted by Crippen LogP contribution is 2.24. The molecule has 0 radical (unpaired) electrons. The molecule has 0 unspecified atom stereocenters. The van der Waals surface area contributed by atoms with Crippen molar-refractivity contribution in [2.24, 2.45) is 0 Å². The maximum Gasteiger partial charge on any atom is 0.339 e. The molecule has 1 heterocycles. The maximum absolute atomic E-state index is 11.5. The van der Waals surface area contributed by atoms with Gasteiger partial charge in [0.2, 0.25) is 0 Å². The van der Waals surface area contributed by atoms with E-state index in [0.29, 0.717) is 14.3 Å². The standard InChI is InChI=1S/C9H5IN2O3/c10-7-5-3-1-2-4-6(5)9(13)11-8(7)12(14)15/h1-4H,(H,11,13). The fourth-order valence-electron chi connectivity index (χ4n) is 1.36. The summed E-state index contributed by atoms with van der Waals surface area (Å²) >= 11 is 1.86. The molecule has 0 aliphatic rings. The molecule has 0 aliphatic heterocycles. The van der Waals surface area contributed by atoms with E-state index in [1.54, 1.807) is 24.3 Å². The topological polar surface area (TPSA) is 76.0 Å². The first-order valence-electron chi connectivity index (χ1n) is 4.06. The van der Waals surface area contributed by atoms with Gasteiger partial charge in [-0.1, -0.05) is 18.2 Å². The van der Waals surface area contributed by atoms with Crippen molar-refractivity contribution in [3.8, 4) is 0 Å². The molecule has 0 atom stereocenters. The van der Waals surface area contributed by atoms with E-state index in [0.717, 1.165) is 0 Å². The number of nitrogens with zero attached hydrogens (tertiary/aromatic N) is 1. The summed E-state index contributed by atoms with van der Waals surface area (Å²) in [5, 5.41) is 11.7. The lowest BCUT2D eigenvalue weighted by atomic mass is 10.2. The highest BCUT2D eigenvalue weighted by Gasteiger charge is 2.16. The Morgan fingerprint density at radius 3 is 2.47 bits per heavy atom. The summed E-state index contributed by atoms with van der Waals surface area (Å²) in [5.41, 5.74) is -0.433. The molecule has 0 saturated carbocycles. The number of aromatic amines is 1. The molecule has 0 spiro atoms. The highest BCUT2D eigenvalue weighted by molar-refractivity contribution is 14.1. The Morgan fingerprint density at radius 2 is 1.87 bits per heavy atom. The molecule has 1 aromatic carbocycles. The second-order valence-corrected chi connectivity index (χ2v) is 4.00. The molecule has 0 bridgehead atoms.